The Labute approximate surface area is 185 Å². The Morgan fingerprint density at radius 3 is 2.06 bits per heavy atom. The lowest BCUT2D eigenvalue weighted by Crippen LogP contribution is -2.33. The summed E-state index contributed by atoms with van der Waals surface area (Å²) in [5, 5.41) is 0. The van der Waals surface area contributed by atoms with Crippen LogP contribution in [0.5, 0.6) is 0 Å². The van der Waals surface area contributed by atoms with Crippen LogP contribution in [-0.4, -0.2) is 12.7 Å². The minimum Gasteiger partial charge on any atom is -0.378 e. The van der Waals surface area contributed by atoms with Gasteiger partial charge in [-0.15, -0.1) is 0 Å². The number of benzene rings is 2. The van der Waals surface area contributed by atoms with Crippen molar-refractivity contribution in [2.24, 2.45) is 11.8 Å². The number of fused-ring (bicyclic) bond motifs is 1. The van der Waals surface area contributed by atoms with Crippen LogP contribution in [0.2, 0.25) is 0 Å². The molecule has 4 rings (SSSR count). The van der Waals surface area contributed by atoms with E-state index in [-0.39, 0.29) is 11.5 Å². The summed E-state index contributed by atoms with van der Waals surface area (Å²) in [7, 11) is 0. The van der Waals surface area contributed by atoms with Crippen molar-refractivity contribution in [3.05, 3.63) is 70.0 Å². The van der Waals surface area contributed by atoms with E-state index in [4.69, 9.17) is 4.74 Å². The van der Waals surface area contributed by atoms with Crippen molar-refractivity contribution in [3.8, 4) is 11.8 Å². The number of rotatable bonds is 3. The smallest absolute Gasteiger partial charge is 0.194 e. The number of halogens is 5. The molecule has 0 radical (unpaired) electrons. The van der Waals surface area contributed by atoms with Crippen LogP contribution in [0.4, 0.5) is 22.0 Å². The predicted octanol–water partition coefficient (Wildman–Crippen LogP) is 6.87. The normalized spacial score (nSPS) is 25.1. The summed E-state index contributed by atoms with van der Waals surface area (Å²) in [4.78, 5) is 0. The lowest BCUT2D eigenvalue weighted by molar-refractivity contribution is -0.00957. The SMILES string of the molecule is CCOC1CCC2CC(c3cc(F)c(C#Cc4cc(F)c(F)c(F)c4)c(F)c3)CCC2C1. The topological polar surface area (TPSA) is 9.23 Å². The molecule has 2 aliphatic rings. The molecule has 2 aliphatic carbocycles. The van der Waals surface area contributed by atoms with Gasteiger partial charge in [0.2, 0.25) is 0 Å². The molecule has 170 valence electrons. The molecule has 4 unspecified atom stereocenters. The highest BCUT2D eigenvalue weighted by atomic mass is 19.2. The van der Waals surface area contributed by atoms with Gasteiger partial charge in [0.25, 0.3) is 0 Å². The van der Waals surface area contributed by atoms with Crippen LogP contribution in [0.25, 0.3) is 0 Å². The Kier molecular flexibility index (Phi) is 6.85. The molecule has 1 nitrogen and oxygen atoms in total. The van der Waals surface area contributed by atoms with Gasteiger partial charge in [0.1, 0.15) is 11.6 Å². The second-order valence-corrected chi connectivity index (χ2v) is 8.78. The third kappa shape index (κ3) is 4.83. The van der Waals surface area contributed by atoms with Gasteiger partial charge in [0, 0.05) is 12.2 Å². The molecular weight excluding hydrogens is 423 g/mol. The molecule has 0 bridgehead atoms. The summed E-state index contributed by atoms with van der Waals surface area (Å²) in [6, 6.07) is 4.01. The largest absolute Gasteiger partial charge is 0.378 e. The Hall–Kier alpha value is -2.39. The van der Waals surface area contributed by atoms with Gasteiger partial charge in [-0.2, -0.15) is 0 Å². The van der Waals surface area contributed by atoms with Crippen molar-refractivity contribution in [1.82, 2.24) is 0 Å². The molecule has 0 saturated heterocycles. The first-order chi connectivity index (χ1) is 15.4. The molecule has 0 aliphatic heterocycles. The molecule has 2 aromatic rings. The summed E-state index contributed by atoms with van der Waals surface area (Å²) in [6.07, 6.45) is 6.29. The van der Waals surface area contributed by atoms with Crippen LogP contribution in [0.3, 0.4) is 0 Å². The van der Waals surface area contributed by atoms with Gasteiger partial charge in [-0.05, 0) is 93.0 Å². The Morgan fingerprint density at radius 1 is 0.781 bits per heavy atom. The first kappa shape index (κ1) is 22.8. The fourth-order valence-electron chi connectivity index (χ4n) is 5.25. The zero-order chi connectivity index (χ0) is 22.8. The van der Waals surface area contributed by atoms with Gasteiger partial charge in [-0.25, -0.2) is 22.0 Å². The first-order valence-corrected chi connectivity index (χ1v) is 11.1. The third-order valence-electron chi connectivity index (χ3n) is 6.82. The van der Waals surface area contributed by atoms with Crippen molar-refractivity contribution in [2.45, 2.75) is 57.5 Å². The molecular formula is C26H25F5O. The number of hydrogen-bond acceptors (Lipinski definition) is 1. The number of ether oxygens (including phenoxy) is 1. The highest BCUT2D eigenvalue weighted by molar-refractivity contribution is 5.45. The second kappa shape index (κ2) is 9.62. The van der Waals surface area contributed by atoms with Crippen LogP contribution in [0.15, 0.2) is 24.3 Å². The minimum atomic E-state index is -1.61. The maximum atomic E-state index is 14.7. The van der Waals surface area contributed by atoms with Crippen LogP contribution in [-0.2, 0) is 4.74 Å². The van der Waals surface area contributed by atoms with Crippen molar-refractivity contribution in [1.29, 1.82) is 0 Å². The van der Waals surface area contributed by atoms with Gasteiger partial charge in [-0.3, -0.25) is 0 Å². The first-order valence-electron chi connectivity index (χ1n) is 11.1. The average molecular weight is 448 g/mol. The van der Waals surface area contributed by atoms with E-state index in [1.807, 2.05) is 6.92 Å². The highest BCUT2D eigenvalue weighted by Crippen LogP contribution is 2.46. The Bertz CT molecular complexity index is 1010. The van der Waals surface area contributed by atoms with E-state index in [2.05, 4.69) is 11.8 Å². The quantitative estimate of drug-likeness (QED) is 0.283. The lowest BCUT2D eigenvalue weighted by Gasteiger charge is -2.42. The van der Waals surface area contributed by atoms with Gasteiger partial charge in [0.05, 0.1) is 11.7 Å². The van der Waals surface area contributed by atoms with Gasteiger partial charge in [-0.1, -0.05) is 11.8 Å². The molecule has 32 heavy (non-hydrogen) atoms. The molecule has 0 heterocycles. The maximum absolute atomic E-state index is 14.7. The number of hydrogen-bond donors (Lipinski definition) is 0. The summed E-state index contributed by atoms with van der Waals surface area (Å²) >= 11 is 0. The van der Waals surface area contributed by atoms with Crippen LogP contribution < -0.4 is 0 Å². The molecule has 2 fully saturated rings. The predicted molar refractivity (Wildman–Crippen MR) is 111 cm³/mol. The zero-order valence-electron chi connectivity index (χ0n) is 17.9. The molecule has 0 aromatic heterocycles. The monoisotopic (exact) mass is 448 g/mol. The Morgan fingerprint density at radius 2 is 1.41 bits per heavy atom. The van der Waals surface area contributed by atoms with E-state index < -0.39 is 34.6 Å². The third-order valence-corrected chi connectivity index (χ3v) is 6.82. The summed E-state index contributed by atoms with van der Waals surface area (Å²) in [6.45, 7) is 2.74. The van der Waals surface area contributed by atoms with E-state index in [1.54, 1.807) is 0 Å². The van der Waals surface area contributed by atoms with E-state index in [0.29, 0.717) is 35.6 Å². The van der Waals surface area contributed by atoms with E-state index in [0.717, 1.165) is 45.1 Å². The molecule has 4 atom stereocenters. The molecule has 0 N–H and O–H groups in total. The second-order valence-electron chi connectivity index (χ2n) is 8.78. The highest BCUT2D eigenvalue weighted by Gasteiger charge is 2.36. The fourth-order valence-corrected chi connectivity index (χ4v) is 5.25. The summed E-state index contributed by atoms with van der Waals surface area (Å²) < 4.78 is 74.9. The van der Waals surface area contributed by atoms with Gasteiger partial charge >= 0.3 is 0 Å². The average Bonchev–Trinajstić information content (AvgIpc) is 2.76. The molecule has 0 spiro atoms. The fraction of sp³-hybridized carbons (Fsp3) is 0.462. The van der Waals surface area contributed by atoms with Crippen molar-refractivity contribution in [2.75, 3.05) is 6.61 Å². The van der Waals surface area contributed by atoms with Crippen molar-refractivity contribution >= 4 is 0 Å². The summed E-state index contributed by atoms with van der Waals surface area (Å²) in [5.74, 6) is -0.198. The minimum absolute atomic E-state index is 0.0891. The molecule has 2 aromatic carbocycles. The van der Waals surface area contributed by atoms with E-state index in [9.17, 15) is 22.0 Å². The molecule has 0 amide bonds. The molecule has 2 saturated carbocycles. The van der Waals surface area contributed by atoms with Crippen LogP contribution in [0.1, 0.15) is 68.1 Å². The summed E-state index contributed by atoms with van der Waals surface area (Å²) in [5.41, 5.74) is -0.0511. The zero-order valence-corrected chi connectivity index (χ0v) is 17.9. The van der Waals surface area contributed by atoms with Gasteiger partial charge in [0.15, 0.2) is 17.5 Å². The Balaban J connectivity index is 1.50. The van der Waals surface area contributed by atoms with Crippen LogP contribution in [0, 0.1) is 52.8 Å². The van der Waals surface area contributed by atoms with E-state index >= 15 is 0 Å². The molecule has 6 heteroatoms. The maximum Gasteiger partial charge on any atom is 0.194 e. The van der Waals surface area contributed by atoms with Crippen molar-refractivity contribution < 1.29 is 26.7 Å². The van der Waals surface area contributed by atoms with E-state index in [1.165, 1.54) is 12.1 Å². The lowest BCUT2D eigenvalue weighted by atomic mass is 9.65. The van der Waals surface area contributed by atoms with Gasteiger partial charge < -0.3 is 4.74 Å². The van der Waals surface area contributed by atoms with Crippen molar-refractivity contribution in [3.63, 3.8) is 0 Å². The standard InChI is InChI=1S/C26H25F5O/c1-2-32-20-7-6-16-11-17(4-5-18(16)12-20)19-13-22(27)21(23(28)14-19)8-3-15-9-24(29)26(31)25(30)10-15/h9-10,13-14,16-18,20H,2,4-7,11-12H2,1H3. The van der Waals surface area contributed by atoms with Crippen LogP contribution >= 0.6 is 0 Å².